The third-order valence-electron chi connectivity index (χ3n) is 3.65. The first-order chi connectivity index (χ1) is 12.0. The van der Waals surface area contributed by atoms with E-state index in [1.54, 1.807) is 49.6 Å². The summed E-state index contributed by atoms with van der Waals surface area (Å²) in [5.74, 6) is 0.343. The number of carbonyl (C=O) groups excluding carboxylic acids is 2. The Labute approximate surface area is 146 Å². The first-order valence-corrected chi connectivity index (χ1v) is 7.62. The number of Topliss-reactive ketones (excluding diaryl/α,β-unsaturated/α-hetero) is 1. The van der Waals surface area contributed by atoms with Gasteiger partial charge in [-0.15, -0.1) is 0 Å². The third-order valence-corrected chi connectivity index (χ3v) is 3.65. The molecular formula is C19H20O6. The van der Waals surface area contributed by atoms with Gasteiger partial charge in [0.25, 0.3) is 0 Å². The van der Waals surface area contributed by atoms with Gasteiger partial charge in [-0.3, -0.25) is 4.79 Å². The van der Waals surface area contributed by atoms with Crippen molar-refractivity contribution in [2.75, 3.05) is 21.3 Å². The summed E-state index contributed by atoms with van der Waals surface area (Å²) in [4.78, 5) is 24.8. The van der Waals surface area contributed by atoms with Crippen molar-refractivity contribution in [2.45, 2.75) is 13.0 Å². The molecule has 0 heterocycles. The summed E-state index contributed by atoms with van der Waals surface area (Å²) >= 11 is 0. The Morgan fingerprint density at radius 1 is 0.880 bits per heavy atom. The van der Waals surface area contributed by atoms with Crippen LogP contribution >= 0.6 is 0 Å². The largest absolute Gasteiger partial charge is 0.497 e. The maximum absolute atomic E-state index is 12.4. The lowest BCUT2D eigenvalue weighted by molar-refractivity contribution is 0.0315. The summed E-state index contributed by atoms with van der Waals surface area (Å²) < 4.78 is 20.7. The molecule has 25 heavy (non-hydrogen) atoms. The summed E-state index contributed by atoms with van der Waals surface area (Å²) in [5, 5.41) is 0. The Morgan fingerprint density at radius 3 is 2.12 bits per heavy atom. The van der Waals surface area contributed by atoms with Crippen LogP contribution in [0.1, 0.15) is 27.6 Å². The van der Waals surface area contributed by atoms with E-state index >= 15 is 0 Å². The van der Waals surface area contributed by atoms with E-state index in [9.17, 15) is 9.59 Å². The molecule has 2 aromatic carbocycles. The zero-order chi connectivity index (χ0) is 18.4. The highest BCUT2D eigenvalue weighted by atomic mass is 16.6. The normalized spacial score (nSPS) is 11.4. The van der Waals surface area contributed by atoms with Crippen molar-refractivity contribution in [3.63, 3.8) is 0 Å². The number of benzene rings is 2. The highest BCUT2D eigenvalue weighted by Gasteiger charge is 2.23. The Balaban J connectivity index is 2.15. The van der Waals surface area contributed by atoms with Crippen LogP contribution in [-0.4, -0.2) is 39.2 Å². The first-order valence-electron chi connectivity index (χ1n) is 7.62. The van der Waals surface area contributed by atoms with Crippen LogP contribution in [0, 0.1) is 0 Å². The summed E-state index contributed by atoms with van der Waals surface area (Å²) in [7, 11) is 4.45. The number of para-hydroxylation sites is 1. The number of ether oxygens (including phenoxy) is 4. The maximum Gasteiger partial charge on any atom is 0.342 e. The van der Waals surface area contributed by atoms with Crippen molar-refractivity contribution in [2.24, 2.45) is 0 Å². The number of hydrogen-bond acceptors (Lipinski definition) is 6. The Kier molecular flexibility index (Phi) is 6.00. The molecule has 132 valence electrons. The fourth-order valence-electron chi connectivity index (χ4n) is 2.32. The Hall–Kier alpha value is -3.02. The second kappa shape index (κ2) is 8.19. The fraction of sp³-hybridized carbons (Fsp3) is 0.263. The molecule has 0 radical (unpaired) electrons. The Bertz CT molecular complexity index is 751. The van der Waals surface area contributed by atoms with Crippen molar-refractivity contribution in [3.05, 3.63) is 53.6 Å². The molecule has 0 saturated heterocycles. The summed E-state index contributed by atoms with van der Waals surface area (Å²) in [5.41, 5.74) is 0.620. The van der Waals surface area contributed by atoms with Crippen molar-refractivity contribution in [3.8, 4) is 17.2 Å². The second-order valence-electron chi connectivity index (χ2n) is 5.18. The number of esters is 1. The minimum atomic E-state index is -0.947. The third kappa shape index (κ3) is 4.09. The minimum Gasteiger partial charge on any atom is -0.497 e. The lowest BCUT2D eigenvalue weighted by Crippen LogP contribution is -2.24. The van der Waals surface area contributed by atoms with Crippen LogP contribution in [0.4, 0.5) is 0 Å². The summed E-state index contributed by atoms with van der Waals surface area (Å²) in [6.07, 6.45) is -0.947. The van der Waals surface area contributed by atoms with Crippen LogP contribution in [0.5, 0.6) is 17.2 Å². The lowest BCUT2D eigenvalue weighted by Gasteiger charge is -2.15. The van der Waals surface area contributed by atoms with Crippen LogP contribution in [0.15, 0.2) is 42.5 Å². The molecule has 0 aromatic heterocycles. The van der Waals surface area contributed by atoms with Gasteiger partial charge in [0, 0.05) is 5.56 Å². The van der Waals surface area contributed by atoms with E-state index in [2.05, 4.69) is 0 Å². The highest BCUT2D eigenvalue weighted by molar-refractivity contribution is 6.02. The van der Waals surface area contributed by atoms with E-state index in [-0.39, 0.29) is 17.1 Å². The topological polar surface area (TPSA) is 71.1 Å². The predicted molar refractivity (Wildman–Crippen MR) is 91.7 cm³/mol. The van der Waals surface area contributed by atoms with Crippen molar-refractivity contribution in [1.29, 1.82) is 0 Å². The summed E-state index contributed by atoms with van der Waals surface area (Å²) in [6.45, 7) is 1.52. The van der Waals surface area contributed by atoms with Gasteiger partial charge in [0.15, 0.2) is 17.6 Å². The molecule has 1 atom stereocenters. The van der Waals surface area contributed by atoms with Crippen molar-refractivity contribution >= 4 is 11.8 Å². The average Bonchev–Trinajstić information content (AvgIpc) is 2.66. The second-order valence-corrected chi connectivity index (χ2v) is 5.18. The molecular weight excluding hydrogens is 324 g/mol. The SMILES string of the molecule is COc1ccc(C(=O)[C@@H](C)OC(=O)c2cccc(OC)c2OC)cc1. The molecule has 0 amide bonds. The van der Waals surface area contributed by atoms with Crippen molar-refractivity contribution in [1.82, 2.24) is 0 Å². The van der Waals surface area contributed by atoms with Crippen LogP contribution in [0.25, 0.3) is 0 Å². The van der Waals surface area contributed by atoms with Gasteiger partial charge >= 0.3 is 5.97 Å². The fourth-order valence-corrected chi connectivity index (χ4v) is 2.32. The summed E-state index contributed by atoms with van der Waals surface area (Å²) in [6, 6.07) is 11.5. The molecule has 0 fully saturated rings. The average molecular weight is 344 g/mol. The molecule has 6 nitrogen and oxygen atoms in total. The number of carbonyl (C=O) groups is 2. The van der Waals surface area contributed by atoms with Gasteiger partial charge in [0.2, 0.25) is 5.78 Å². The van der Waals surface area contributed by atoms with Gasteiger partial charge in [-0.1, -0.05) is 6.07 Å². The standard InChI is InChI=1S/C19H20O6/c1-12(17(20)13-8-10-14(22-2)11-9-13)25-19(21)15-6-5-7-16(23-3)18(15)24-4/h5-12H,1-4H3/t12-/m1/s1. The van der Waals surface area contributed by atoms with E-state index in [0.717, 1.165) is 0 Å². The van der Waals surface area contributed by atoms with E-state index < -0.39 is 12.1 Å². The number of hydrogen-bond donors (Lipinski definition) is 0. The number of methoxy groups -OCH3 is 3. The highest BCUT2D eigenvalue weighted by Crippen LogP contribution is 2.31. The first kappa shape index (κ1) is 18.3. The van der Waals surface area contributed by atoms with Crippen molar-refractivity contribution < 1.29 is 28.5 Å². The van der Waals surface area contributed by atoms with Crippen LogP contribution in [0.3, 0.4) is 0 Å². The molecule has 0 spiro atoms. The van der Waals surface area contributed by atoms with Gasteiger partial charge in [-0.2, -0.15) is 0 Å². The molecule has 0 unspecified atom stereocenters. The van der Waals surface area contributed by atoms with Gasteiger partial charge in [0.05, 0.1) is 21.3 Å². The molecule has 0 bridgehead atoms. The lowest BCUT2D eigenvalue weighted by atomic mass is 10.1. The van der Waals surface area contributed by atoms with Crippen LogP contribution in [-0.2, 0) is 4.74 Å². The molecule has 6 heteroatoms. The Morgan fingerprint density at radius 2 is 1.56 bits per heavy atom. The van der Waals surface area contributed by atoms with Gasteiger partial charge < -0.3 is 18.9 Å². The van der Waals surface area contributed by atoms with E-state index in [0.29, 0.717) is 17.1 Å². The van der Waals surface area contributed by atoms with E-state index in [4.69, 9.17) is 18.9 Å². The molecule has 2 rings (SSSR count). The molecule has 0 aliphatic rings. The molecule has 0 N–H and O–H groups in total. The van der Waals surface area contributed by atoms with Gasteiger partial charge in [0.1, 0.15) is 11.3 Å². The zero-order valence-corrected chi connectivity index (χ0v) is 14.6. The quantitative estimate of drug-likeness (QED) is 0.568. The molecule has 0 saturated carbocycles. The monoisotopic (exact) mass is 344 g/mol. The molecule has 0 aliphatic carbocycles. The van der Waals surface area contributed by atoms with Crippen LogP contribution in [0.2, 0.25) is 0 Å². The predicted octanol–water partition coefficient (Wildman–Crippen LogP) is 3.14. The van der Waals surface area contributed by atoms with E-state index in [1.807, 2.05) is 0 Å². The van der Waals surface area contributed by atoms with E-state index in [1.165, 1.54) is 21.1 Å². The minimum absolute atomic E-state index is 0.191. The zero-order valence-electron chi connectivity index (χ0n) is 14.6. The van der Waals surface area contributed by atoms with Gasteiger partial charge in [-0.25, -0.2) is 4.79 Å². The smallest absolute Gasteiger partial charge is 0.342 e. The molecule has 2 aromatic rings. The molecule has 0 aliphatic heterocycles. The van der Waals surface area contributed by atoms with Crippen LogP contribution < -0.4 is 14.2 Å². The number of ketones is 1. The van der Waals surface area contributed by atoms with Gasteiger partial charge in [-0.05, 0) is 43.3 Å². The maximum atomic E-state index is 12.4. The number of rotatable bonds is 7.